The first kappa shape index (κ1) is 14.1. The predicted octanol–water partition coefficient (Wildman–Crippen LogP) is 0.278. The van der Waals surface area contributed by atoms with Gasteiger partial charge in [0.15, 0.2) is 0 Å². The quantitative estimate of drug-likeness (QED) is 0.832. The van der Waals surface area contributed by atoms with Crippen LogP contribution in [-0.4, -0.2) is 69.7 Å². The topological polar surface area (TPSA) is 89.5 Å². The Kier molecular flexibility index (Phi) is 3.92. The Morgan fingerprint density at radius 1 is 1.33 bits per heavy atom. The van der Waals surface area contributed by atoms with Crippen LogP contribution in [0.5, 0.6) is 0 Å². The monoisotopic (exact) mass is 292 g/mol. The van der Waals surface area contributed by atoms with Gasteiger partial charge in [-0.2, -0.15) is 5.10 Å². The predicted molar refractivity (Wildman–Crippen MR) is 74.8 cm³/mol. The summed E-state index contributed by atoms with van der Waals surface area (Å²) in [6.07, 6.45) is 5.51. The van der Waals surface area contributed by atoms with Crippen LogP contribution in [-0.2, 0) is 4.79 Å². The van der Waals surface area contributed by atoms with E-state index in [0.717, 1.165) is 19.0 Å². The number of nitrogens with one attached hydrogen (secondary N) is 1. The SMILES string of the molecule is O=C(O)C1CN(CC2CC2)CCN(C(=O)c2cn[nH]c2)C1. The van der Waals surface area contributed by atoms with Gasteiger partial charge in [-0.25, -0.2) is 0 Å². The summed E-state index contributed by atoms with van der Waals surface area (Å²) in [4.78, 5) is 27.6. The molecule has 1 unspecified atom stereocenters. The molecule has 1 amide bonds. The van der Waals surface area contributed by atoms with E-state index in [1.165, 1.54) is 19.0 Å². The van der Waals surface area contributed by atoms with Gasteiger partial charge >= 0.3 is 5.97 Å². The lowest BCUT2D eigenvalue weighted by Gasteiger charge is -2.21. The van der Waals surface area contributed by atoms with Crippen molar-refractivity contribution in [3.05, 3.63) is 18.0 Å². The molecule has 1 saturated heterocycles. The first-order valence-corrected chi connectivity index (χ1v) is 7.36. The number of carboxylic acid groups (broad SMARTS) is 1. The van der Waals surface area contributed by atoms with E-state index < -0.39 is 11.9 Å². The van der Waals surface area contributed by atoms with E-state index in [0.29, 0.717) is 18.7 Å². The van der Waals surface area contributed by atoms with Gasteiger partial charge in [0.1, 0.15) is 0 Å². The van der Waals surface area contributed by atoms with Crippen molar-refractivity contribution in [2.24, 2.45) is 11.8 Å². The zero-order valence-corrected chi connectivity index (χ0v) is 11.9. The zero-order valence-electron chi connectivity index (χ0n) is 11.9. The minimum atomic E-state index is -0.831. The molecule has 7 nitrogen and oxygen atoms in total. The number of nitrogens with zero attached hydrogens (tertiary/aromatic N) is 3. The second kappa shape index (κ2) is 5.85. The molecule has 2 heterocycles. The molecule has 114 valence electrons. The highest BCUT2D eigenvalue weighted by Gasteiger charge is 2.33. The van der Waals surface area contributed by atoms with E-state index in [2.05, 4.69) is 15.1 Å². The molecule has 0 bridgehead atoms. The summed E-state index contributed by atoms with van der Waals surface area (Å²) in [6, 6.07) is 0. The highest BCUT2D eigenvalue weighted by Crippen LogP contribution is 2.30. The van der Waals surface area contributed by atoms with Crippen LogP contribution < -0.4 is 0 Å². The molecule has 1 atom stereocenters. The van der Waals surface area contributed by atoms with Gasteiger partial charge in [-0.1, -0.05) is 0 Å². The lowest BCUT2D eigenvalue weighted by atomic mass is 10.1. The zero-order chi connectivity index (χ0) is 14.8. The fourth-order valence-corrected chi connectivity index (χ4v) is 2.80. The highest BCUT2D eigenvalue weighted by molar-refractivity contribution is 5.94. The van der Waals surface area contributed by atoms with Crippen LogP contribution in [0, 0.1) is 11.8 Å². The number of aliphatic carboxylic acids is 1. The molecular weight excluding hydrogens is 272 g/mol. The third-order valence-electron chi connectivity index (χ3n) is 4.20. The second-order valence-corrected chi connectivity index (χ2v) is 5.98. The molecule has 21 heavy (non-hydrogen) atoms. The fourth-order valence-electron chi connectivity index (χ4n) is 2.80. The molecule has 0 spiro atoms. The summed E-state index contributed by atoms with van der Waals surface area (Å²) < 4.78 is 0. The van der Waals surface area contributed by atoms with Crippen molar-refractivity contribution >= 4 is 11.9 Å². The smallest absolute Gasteiger partial charge is 0.309 e. The summed E-state index contributed by atoms with van der Waals surface area (Å²) in [6.45, 7) is 3.06. The minimum absolute atomic E-state index is 0.150. The van der Waals surface area contributed by atoms with E-state index in [4.69, 9.17) is 0 Å². The Bertz CT molecular complexity index is 512. The van der Waals surface area contributed by atoms with Gasteiger partial charge in [0, 0.05) is 38.9 Å². The molecule has 0 radical (unpaired) electrons. The van der Waals surface area contributed by atoms with Gasteiger partial charge in [-0.05, 0) is 18.8 Å². The Morgan fingerprint density at radius 3 is 2.76 bits per heavy atom. The van der Waals surface area contributed by atoms with E-state index in [1.54, 1.807) is 11.1 Å². The molecule has 0 aromatic carbocycles. The van der Waals surface area contributed by atoms with Crippen LogP contribution in [0.1, 0.15) is 23.2 Å². The first-order chi connectivity index (χ1) is 10.1. The van der Waals surface area contributed by atoms with Gasteiger partial charge in [-0.15, -0.1) is 0 Å². The summed E-state index contributed by atoms with van der Waals surface area (Å²) >= 11 is 0. The van der Waals surface area contributed by atoms with Crippen molar-refractivity contribution in [2.45, 2.75) is 12.8 Å². The van der Waals surface area contributed by atoms with Crippen LogP contribution in [0.25, 0.3) is 0 Å². The number of H-pyrrole nitrogens is 1. The number of carboxylic acids is 1. The van der Waals surface area contributed by atoms with Crippen LogP contribution in [0.4, 0.5) is 0 Å². The van der Waals surface area contributed by atoms with Crippen molar-refractivity contribution in [3.63, 3.8) is 0 Å². The van der Waals surface area contributed by atoms with Gasteiger partial charge < -0.3 is 14.9 Å². The maximum Gasteiger partial charge on any atom is 0.309 e. The second-order valence-electron chi connectivity index (χ2n) is 5.98. The third kappa shape index (κ3) is 3.41. The normalized spacial score (nSPS) is 23.8. The van der Waals surface area contributed by atoms with Gasteiger partial charge in [0.2, 0.25) is 0 Å². The summed E-state index contributed by atoms with van der Waals surface area (Å²) in [5.74, 6) is -0.788. The molecule has 1 aliphatic heterocycles. The van der Waals surface area contributed by atoms with Crippen LogP contribution in [0.2, 0.25) is 0 Å². The number of aromatic amines is 1. The minimum Gasteiger partial charge on any atom is -0.481 e. The highest BCUT2D eigenvalue weighted by atomic mass is 16.4. The summed E-state index contributed by atoms with van der Waals surface area (Å²) in [5.41, 5.74) is 0.481. The summed E-state index contributed by atoms with van der Waals surface area (Å²) in [7, 11) is 0. The average Bonchev–Trinajstić information content (AvgIpc) is 3.16. The first-order valence-electron chi connectivity index (χ1n) is 7.36. The molecule has 2 fully saturated rings. The lowest BCUT2D eigenvalue weighted by Crippen LogP contribution is -2.38. The number of carbonyl (C=O) groups is 2. The third-order valence-corrected chi connectivity index (χ3v) is 4.20. The summed E-state index contributed by atoms with van der Waals surface area (Å²) in [5, 5.41) is 15.8. The molecule has 1 aliphatic carbocycles. The van der Waals surface area contributed by atoms with Crippen molar-refractivity contribution in [2.75, 3.05) is 32.7 Å². The van der Waals surface area contributed by atoms with E-state index in [-0.39, 0.29) is 12.5 Å². The average molecular weight is 292 g/mol. The largest absolute Gasteiger partial charge is 0.481 e. The Morgan fingerprint density at radius 2 is 2.14 bits per heavy atom. The molecule has 7 heteroatoms. The van der Waals surface area contributed by atoms with Crippen LogP contribution in [0.3, 0.4) is 0 Å². The van der Waals surface area contributed by atoms with Crippen LogP contribution in [0.15, 0.2) is 12.4 Å². The maximum atomic E-state index is 12.4. The Labute approximate surface area is 122 Å². The van der Waals surface area contributed by atoms with Crippen molar-refractivity contribution in [3.8, 4) is 0 Å². The Hall–Kier alpha value is -1.89. The molecule has 3 rings (SSSR count). The lowest BCUT2D eigenvalue weighted by molar-refractivity contribution is -0.142. The number of carbonyl (C=O) groups excluding carboxylic acids is 1. The fraction of sp³-hybridized carbons (Fsp3) is 0.643. The van der Waals surface area contributed by atoms with Crippen LogP contribution >= 0.6 is 0 Å². The van der Waals surface area contributed by atoms with Crippen molar-refractivity contribution in [1.82, 2.24) is 20.0 Å². The number of hydrogen-bond donors (Lipinski definition) is 2. The van der Waals surface area contributed by atoms with Crippen molar-refractivity contribution < 1.29 is 14.7 Å². The maximum absolute atomic E-state index is 12.4. The number of amides is 1. The van der Waals surface area contributed by atoms with Gasteiger partial charge in [0.25, 0.3) is 5.91 Å². The van der Waals surface area contributed by atoms with E-state index in [1.807, 2.05) is 0 Å². The molecule has 1 saturated carbocycles. The standard InChI is InChI=1S/C14H20N4O3/c19-13(11-5-15-16-6-11)18-4-3-17(7-10-1-2-10)8-12(9-18)14(20)21/h5-6,10,12H,1-4,7-9H2,(H,15,16)(H,20,21). The molecule has 1 aromatic rings. The molecule has 2 aliphatic rings. The molecule has 2 N–H and O–H groups in total. The van der Waals surface area contributed by atoms with Gasteiger partial charge in [0.05, 0.1) is 17.7 Å². The number of aromatic nitrogens is 2. The van der Waals surface area contributed by atoms with Gasteiger partial charge in [-0.3, -0.25) is 14.7 Å². The Balaban J connectivity index is 1.70. The van der Waals surface area contributed by atoms with E-state index >= 15 is 0 Å². The molecule has 1 aromatic heterocycles. The van der Waals surface area contributed by atoms with E-state index in [9.17, 15) is 14.7 Å². The molecular formula is C14H20N4O3. The van der Waals surface area contributed by atoms with Crippen molar-refractivity contribution in [1.29, 1.82) is 0 Å². The number of rotatable bonds is 4. The number of hydrogen-bond acceptors (Lipinski definition) is 4.